The van der Waals surface area contributed by atoms with Gasteiger partial charge in [-0.25, -0.2) is 0 Å². The maximum Gasteiger partial charge on any atom is 0.225 e. The van der Waals surface area contributed by atoms with Gasteiger partial charge >= 0.3 is 0 Å². The first-order chi connectivity index (χ1) is 5.61. The highest BCUT2D eigenvalue weighted by molar-refractivity contribution is 5.78. The maximum absolute atomic E-state index is 11.5. The monoisotopic (exact) mass is 169 g/mol. The van der Waals surface area contributed by atoms with Crippen LogP contribution in [0.2, 0.25) is 0 Å². The molecule has 12 heavy (non-hydrogen) atoms. The molecule has 1 radical (unpaired) electrons. The molecule has 1 aliphatic carbocycles. The molecule has 0 heterocycles. The summed E-state index contributed by atoms with van der Waals surface area (Å²) in [7, 11) is 3.60. The van der Waals surface area contributed by atoms with Crippen LogP contribution in [-0.2, 0) is 4.79 Å². The van der Waals surface area contributed by atoms with Crippen LogP contribution in [0.15, 0.2) is 0 Å². The molecule has 0 bridgehead atoms. The number of rotatable bonds is 1. The molecule has 0 aromatic carbocycles. The number of nitrogens with two attached hydrogens (primary N) is 1. The van der Waals surface area contributed by atoms with Crippen molar-refractivity contribution in [3.63, 3.8) is 0 Å². The molecule has 69 valence electrons. The maximum atomic E-state index is 11.5. The molecule has 1 fully saturated rings. The third kappa shape index (κ3) is 2.21. The van der Waals surface area contributed by atoms with Gasteiger partial charge in [-0.15, -0.1) is 0 Å². The minimum absolute atomic E-state index is 0.180. The smallest absolute Gasteiger partial charge is 0.225 e. The molecule has 0 aromatic rings. The first kappa shape index (κ1) is 9.52. The Labute approximate surface area is 73.9 Å². The topological polar surface area (TPSA) is 46.3 Å². The average molecular weight is 169 g/mol. The summed E-state index contributed by atoms with van der Waals surface area (Å²) >= 11 is 0. The minimum Gasteiger partial charge on any atom is -0.349 e. The van der Waals surface area contributed by atoms with Crippen LogP contribution in [0.4, 0.5) is 0 Å². The van der Waals surface area contributed by atoms with Gasteiger partial charge in [0.2, 0.25) is 5.91 Å². The van der Waals surface area contributed by atoms with Crippen LogP contribution in [0, 0.1) is 12.3 Å². The van der Waals surface area contributed by atoms with Crippen LogP contribution >= 0.6 is 0 Å². The van der Waals surface area contributed by atoms with E-state index in [0.29, 0.717) is 0 Å². The number of carbonyl (C=O) groups is 1. The third-order valence-corrected chi connectivity index (χ3v) is 2.36. The van der Waals surface area contributed by atoms with E-state index in [1.54, 1.807) is 19.0 Å². The van der Waals surface area contributed by atoms with Crippen LogP contribution in [0.25, 0.3) is 0 Å². The van der Waals surface area contributed by atoms with E-state index in [1.807, 2.05) is 0 Å². The van der Waals surface area contributed by atoms with Crippen LogP contribution in [0.5, 0.6) is 0 Å². The number of amides is 1. The largest absolute Gasteiger partial charge is 0.349 e. The van der Waals surface area contributed by atoms with Gasteiger partial charge in [0.25, 0.3) is 0 Å². The standard InChI is InChI=1S/C9H17N2O/c1-11(2)9(12)7-3-5-8(10)6-4-7/h5,7-8H,3-4,6,10H2,1-2H3. The Bertz CT molecular complexity index is 160. The molecule has 0 aliphatic heterocycles. The van der Waals surface area contributed by atoms with Crippen molar-refractivity contribution in [1.29, 1.82) is 0 Å². The van der Waals surface area contributed by atoms with Gasteiger partial charge < -0.3 is 10.6 Å². The summed E-state index contributed by atoms with van der Waals surface area (Å²) in [5.74, 6) is 0.415. The molecular formula is C9H17N2O. The van der Waals surface area contributed by atoms with Gasteiger partial charge in [-0.3, -0.25) is 4.79 Å². The van der Waals surface area contributed by atoms with Crippen molar-refractivity contribution in [3.8, 4) is 0 Å². The van der Waals surface area contributed by atoms with E-state index in [9.17, 15) is 4.79 Å². The van der Waals surface area contributed by atoms with Crippen molar-refractivity contribution in [3.05, 3.63) is 6.42 Å². The quantitative estimate of drug-likeness (QED) is 0.618. The number of hydrogen-bond donors (Lipinski definition) is 1. The molecular weight excluding hydrogens is 152 g/mol. The summed E-state index contributed by atoms with van der Waals surface area (Å²) in [6.07, 6.45) is 4.78. The zero-order valence-corrected chi connectivity index (χ0v) is 7.79. The van der Waals surface area contributed by atoms with Gasteiger partial charge in [0.15, 0.2) is 0 Å². The Hall–Kier alpha value is -0.570. The fraction of sp³-hybridized carbons (Fsp3) is 0.778. The number of carbonyl (C=O) groups excluding carboxylic acids is 1. The fourth-order valence-corrected chi connectivity index (χ4v) is 1.56. The molecule has 0 aromatic heterocycles. The second-order valence-corrected chi connectivity index (χ2v) is 3.64. The SMILES string of the molecule is CN(C)C(=O)C1C[CH]C(N)CC1. The predicted octanol–water partition coefficient (Wildman–Crippen LogP) is 0.406. The van der Waals surface area contributed by atoms with E-state index >= 15 is 0 Å². The van der Waals surface area contributed by atoms with Crippen LogP contribution in [-0.4, -0.2) is 30.9 Å². The van der Waals surface area contributed by atoms with Crippen molar-refractivity contribution >= 4 is 5.91 Å². The van der Waals surface area contributed by atoms with E-state index in [-0.39, 0.29) is 17.9 Å². The zero-order valence-electron chi connectivity index (χ0n) is 7.79. The molecule has 1 aliphatic rings. The van der Waals surface area contributed by atoms with E-state index in [1.165, 1.54) is 0 Å². The lowest BCUT2D eigenvalue weighted by atomic mass is 9.86. The van der Waals surface area contributed by atoms with Crippen molar-refractivity contribution in [2.24, 2.45) is 11.7 Å². The Morgan fingerprint density at radius 3 is 2.58 bits per heavy atom. The predicted molar refractivity (Wildman–Crippen MR) is 48.3 cm³/mol. The van der Waals surface area contributed by atoms with Crippen LogP contribution in [0.1, 0.15) is 19.3 Å². The van der Waals surface area contributed by atoms with Crippen molar-refractivity contribution < 1.29 is 4.79 Å². The van der Waals surface area contributed by atoms with E-state index < -0.39 is 0 Å². The Balaban J connectivity index is 2.39. The molecule has 3 nitrogen and oxygen atoms in total. The summed E-state index contributed by atoms with van der Waals surface area (Å²) < 4.78 is 0. The summed E-state index contributed by atoms with van der Waals surface area (Å²) in [5, 5.41) is 0. The molecule has 0 saturated heterocycles. The van der Waals surface area contributed by atoms with Crippen LogP contribution in [0.3, 0.4) is 0 Å². The Morgan fingerprint density at radius 2 is 2.17 bits per heavy atom. The second kappa shape index (κ2) is 3.90. The highest BCUT2D eigenvalue weighted by Gasteiger charge is 2.25. The molecule has 1 rings (SSSR count). The average Bonchev–Trinajstić information content (AvgIpc) is 2.04. The Morgan fingerprint density at radius 1 is 1.50 bits per heavy atom. The molecule has 2 atom stereocenters. The summed E-state index contributed by atoms with van der Waals surface area (Å²) in [4.78, 5) is 13.1. The van der Waals surface area contributed by atoms with Gasteiger partial charge in [-0.2, -0.15) is 0 Å². The first-order valence-corrected chi connectivity index (χ1v) is 4.41. The highest BCUT2D eigenvalue weighted by atomic mass is 16.2. The summed E-state index contributed by atoms with van der Waals surface area (Å²) in [6, 6.07) is 0.205. The van der Waals surface area contributed by atoms with Crippen molar-refractivity contribution in [1.82, 2.24) is 4.90 Å². The Kier molecular flexibility index (Phi) is 3.09. The molecule has 3 heteroatoms. The second-order valence-electron chi connectivity index (χ2n) is 3.64. The fourth-order valence-electron chi connectivity index (χ4n) is 1.56. The van der Waals surface area contributed by atoms with Gasteiger partial charge in [0, 0.05) is 26.1 Å². The lowest BCUT2D eigenvalue weighted by Crippen LogP contribution is -2.35. The lowest BCUT2D eigenvalue weighted by Gasteiger charge is -2.26. The molecule has 1 saturated carbocycles. The first-order valence-electron chi connectivity index (χ1n) is 4.41. The van der Waals surface area contributed by atoms with Crippen LogP contribution < -0.4 is 5.73 Å². The van der Waals surface area contributed by atoms with Gasteiger partial charge in [0.05, 0.1) is 0 Å². The summed E-state index contributed by atoms with van der Waals surface area (Å²) in [6.45, 7) is 0. The minimum atomic E-state index is 0.180. The van der Waals surface area contributed by atoms with Gasteiger partial charge in [0.1, 0.15) is 0 Å². The third-order valence-electron chi connectivity index (χ3n) is 2.36. The number of nitrogens with zero attached hydrogens (tertiary/aromatic N) is 1. The van der Waals surface area contributed by atoms with Crippen molar-refractivity contribution in [2.45, 2.75) is 25.3 Å². The molecule has 2 unspecified atom stereocenters. The normalized spacial score (nSPS) is 29.9. The van der Waals surface area contributed by atoms with Crippen molar-refractivity contribution in [2.75, 3.05) is 14.1 Å². The van der Waals surface area contributed by atoms with E-state index in [0.717, 1.165) is 19.3 Å². The molecule has 2 N–H and O–H groups in total. The van der Waals surface area contributed by atoms with Gasteiger partial charge in [-0.1, -0.05) is 0 Å². The highest BCUT2D eigenvalue weighted by Crippen LogP contribution is 2.23. The lowest BCUT2D eigenvalue weighted by molar-refractivity contribution is -0.133. The van der Waals surface area contributed by atoms with Gasteiger partial charge in [-0.05, 0) is 25.7 Å². The van der Waals surface area contributed by atoms with E-state index in [2.05, 4.69) is 6.42 Å². The molecule has 0 spiro atoms. The van der Waals surface area contributed by atoms with E-state index in [4.69, 9.17) is 5.73 Å². The molecule has 1 amide bonds. The number of hydrogen-bond acceptors (Lipinski definition) is 2. The summed E-state index contributed by atoms with van der Waals surface area (Å²) in [5.41, 5.74) is 5.69. The zero-order chi connectivity index (χ0) is 9.14.